The largest absolute Gasteiger partial charge is 0.395 e. The molecule has 0 radical (unpaired) electrons. The number of nitrogens with zero attached hydrogens (tertiary/aromatic N) is 1. The summed E-state index contributed by atoms with van der Waals surface area (Å²) in [7, 11) is 0. The molecule has 4 fully saturated rings. The van der Waals surface area contributed by atoms with Crippen LogP contribution in [0.15, 0.2) is 5.16 Å². The number of oxime groups is 1. The standard InChI is InChI=1S/C21H34N2O2/c1-20-9-7-15(23-25-12-11-22)13-14(20)3-4-16-17-5-6-19(24)21(17,2)10-8-18(16)20/h14,16-18H,3-13,22H2,1-2H3/b23-15-/t14?,16?,17?,18?,20-,21-/m0/s1. The zero-order valence-electron chi connectivity index (χ0n) is 15.9. The molecule has 0 spiro atoms. The molecule has 4 aliphatic carbocycles. The van der Waals surface area contributed by atoms with Crippen LogP contribution in [0.5, 0.6) is 0 Å². The second-order valence-electron chi connectivity index (χ2n) is 9.56. The van der Waals surface area contributed by atoms with Gasteiger partial charge in [-0.25, -0.2) is 0 Å². The Labute approximate surface area is 151 Å². The average molecular weight is 347 g/mol. The number of Topliss-reactive ketones (excluding diaryl/α,β-unsaturated/α-hetero) is 1. The number of hydrogen-bond acceptors (Lipinski definition) is 4. The number of carbonyl (C=O) groups is 1. The van der Waals surface area contributed by atoms with E-state index in [2.05, 4.69) is 19.0 Å². The third kappa shape index (κ3) is 2.67. The number of ketones is 1. The molecule has 4 aliphatic rings. The van der Waals surface area contributed by atoms with Gasteiger partial charge >= 0.3 is 0 Å². The summed E-state index contributed by atoms with van der Waals surface area (Å²) in [6, 6.07) is 0. The Morgan fingerprint density at radius 1 is 1.12 bits per heavy atom. The minimum absolute atomic E-state index is 0.00170. The number of hydrogen-bond donors (Lipinski definition) is 1. The molecule has 6 atom stereocenters. The topological polar surface area (TPSA) is 64.7 Å². The molecular formula is C21H34N2O2. The summed E-state index contributed by atoms with van der Waals surface area (Å²) in [5.41, 5.74) is 7.17. The maximum atomic E-state index is 12.5. The van der Waals surface area contributed by atoms with Gasteiger partial charge in [0, 0.05) is 18.4 Å². The van der Waals surface area contributed by atoms with Crippen LogP contribution in [0.25, 0.3) is 0 Å². The molecule has 4 saturated carbocycles. The Balaban J connectivity index is 1.51. The molecule has 0 aromatic heterocycles. The highest BCUT2D eigenvalue weighted by Crippen LogP contribution is 2.65. The molecule has 0 bridgehead atoms. The van der Waals surface area contributed by atoms with Gasteiger partial charge < -0.3 is 10.6 Å². The quantitative estimate of drug-likeness (QED) is 0.622. The summed E-state index contributed by atoms with van der Waals surface area (Å²) in [4.78, 5) is 17.8. The maximum Gasteiger partial charge on any atom is 0.139 e. The van der Waals surface area contributed by atoms with E-state index in [1.165, 1.54) is 31.4 Å². The molecule has 0 aromatic carbocycles. The predicted molar refractivity (Wildman–Crippen MR) is 99.2 cm³/mol. The van der Waals surface area contributed by atoms with Gasteiger partial charge in [-0.2, -0.15) is 0 Å². The SMILES string of the molecule is C[C@]12CC/C(=N/OCCN)CC1CCC1C2CC[C@]2(C)C(=O)CCC12. The molecule has 2 N–H and O–H groups in total. The van der Waals surface area contributed by atoms with Crippen molar-refractivity contribution in [1.29, 1.82) is 0 Å². The number of nitrogens with two attached hydrogens (primary N) is 1. The molecule has 0 amide bonds. The summed E-state index contributed by atoms with van der Waals surface area (Å²) in [6.07, 6.45) is 10.4. The van der Waals surface area contributed by atoms with Crippen molar-refractivity contribution >= 4 is 11.5 Å². The normalized spacial score (nSPS) is 48.0. The van der Waals surface area contributed by atoms with Gasteiger partial charge in [0.05, 0.1) is 5.71 Å². The summed E-state index contributed by atoms with van der Waals surface area (Å²) in [5, 5.41) is 4.37. The van der Waals surface area contributed by atoms with Gasteiger partial charge in [0.15, 0.2) is 0 Å². The number of rotatable bonds is 3. The Kier molecular flexibility index (Phi) is 4.46. The molecule has 4 heteroatoms. The summed E-state index contributed by atoms with van der Waals surface area (Å²) in [5.74, 6) is 3.53. The first-order chi connectivity index (χ1) is 12.0. The summed E-state index contributed by atoms with van der Waals surface area (Å²) in [6.45, 7) is 5.87. The van der Waals surface area contributed by atoms with Crippen LogP contribution in [0.1, 0.15) is 71.6 Å². The van der Waals surface area contributed by atoms with Gasteiger partial charge in [0.2, 0.25) is 0 Å². The lowest BCUT2D eigenvalue weighted by Gasteiger charge is -2.59. The van der Waals surface area contributed by atoms with E-state index in [4.69, 9.17) is 10.6 Å². The average Bonchev–Trinajstić information content (AvgIpc) is 2.90. The Bertz CT molecular complexity index is 574. The van der Waals surface area contributed by atoms with Gasteiger partial charge in [-0.3, -0.25) is 4.79 Å². The van der Waals surface area contributed by atoms with E-state index in [0.717, 1.165) is 49.9 Å². The van der Waals surface area contributed by atoms with Crippen molar-refractivity contribution in [3.05, 3.63) is 0 Å². The van der Waals surface area contributed by atoms with Crippen molar-refractivity contribution in [2.24, 2.45) is 45.4 Å². The van der Waals surface area contributed by atoms with Crippen molar-refractivity contribution in [2.45, 2.75) is 71.6 Å². The lowest BCUT2D eigenvalue weighted by molar-refractivity contribution is -0.137. The van der Waals surface area contributed by atoms with E-state index in [9.17, 15) is 4.79 Å². The maximum absolute atomic E-state index is 12.5. The first-order valence-electron chi connectivity index (χ1n) is 10.4. The molecule has 4 nitrogen and oxygen atoms in total. The summed E-state index contributed by atoms with van der Waals surface area (Å²) < 4.78 is 0. The lowest BCUT2D eigenvalue weighted by Crippen LogP contribution is -2.53. The van der Waals surface area contributed by atoms with Crippen LogP contribution in [-0.2, 0) is 9.63 Å². The molecular weight excluding hydrogens is 312 g/mol. The van der Waals surface area contributed by atoms with Crippen LogP contribution in [-0.4, -0.2) is 24.6 Å². The molecule has 0 heterocycles. The Hall–Kier alpha value is -0.900. The van der Waals surface area contributed by atoms with Crippen LogP contribution in [0, 0.1) is 34.5 Å². The minimum Gasteiger partial charge on any atom is -0.395 e. The smallest absolute Gasteiger partial charge is 0.139 e. The lowest BCUT2D eigenvalue weighted by atomic mass is 9.45. The third-order valence-electron chi connectivity index (χ3n) is 8.61. The highest BCUT2D eigenvalue weighted by Gasteiger charge is 2.59. The molecule has 0 aliphatic heterocycles. The van der Waals surface area contributed by atoms with Gasteiger partial charge in [-0.1, -0.05) is 19.0 Å². The zero-order chi connectivity index (χ0) is 17.7. The van der Waals surface area contributed by atoms with Crippen molar-refractivity contribution in [2.75, 3.05) is 13.2 Å². The van der Waals surface area contributed by atoms with Crippen LogP contribution < -0.4 is 5.73 Å². The van der Waals surface area contributed by atoms with Crippen molar-refractivity contribution in [1.82, 2.24) is 0 Å². The Morgan fingerprint density at radius 3 is 2.76 bits per heavy atom. The van der Waals surface area contributed by atoms with E-state index >= 15 is 0 Å². The van der Waals surface area contributed by atoms with Crippen molar-refractivity contribution in [3.63, 3.8) is 0 Å². The fourth-order valence-electron chi connectivity index (χ4n) is 7.10. The number of fused-ring (bicyclic) bond motifs is 5. The van der Waals surface area contributed by atoms with E-state index in [-0.39, 0.29) is 5.41 Å². The van der Waals surface area contributed by atoms with Crippen molar-refractivity contribution < 1.29 is 9.63 Å². The van der Waals surface area contributed by atoms with Crippen LogP contribution >= 0.6 is 0 Å². The van der Waals surface area contributed by atoms with Gasteiger partial charge in [0.25, 0.3) is 0 Å². The van der Waals surface area contributed by atoms with Gasteiger partial charge in [-0.05, 0) is 80.5 Å². The molecule has 0 aromatic rings. The minimum atomic E-state index is 0.00170. The highest BCUT2D eigenvalue weighted by atomic mass is 16.6. The molecule has 4 unspecified atom stereocenters. The molecule has 140 valence electrons. The second-order valence-corrected chi connectivity index (χ2v) is 9.56. The molecule has 25 heavy (non-hydrogen) atoms. The highest BCUT2D eigenvalue weighted by molar-refractivity contribution is 5.87. The van der Waals surface area contributed by atoms with E-state index < -0.39 is 0 Å². The van der Waals surface area contributed by atoms with Gasteiger partial charge in [-0.15, -0.1) is 0 Å². The fraction of sp³-hybridized carbons (Fsp3) is 0.905. The predicted octanol–water partition coefficient (Wildman–Crippen LogP) is 3.93. The zero-order valence-corrected chi connectivity index (χ0v) is 15.9. The molecule has 4 rings (SSSR count). The van der Waals surface area contributed by atoms with E-state index in [1.54, 1.807) is 0 Å². The first kappa shape index (κ1) is 17.5. The summed E-state index contributed by atoms with van der Waals surface area (Å²) >= 11 is 0. The monoisotopic (exact) mass is 346 g/mol. The first-order valence-corrected chi connectivity index (χ1v) is 10.4. The van der Waals surface area contributed by atoms with Crippen LogP contribution in [0.2, 0.25) is 0 Å². The number of carbonyl (C=O) groups excluding carboxylic acids is 1. The van der Waals surface area contributed by atoms with Crippen LogP contribution in [0.3, 0.4) is 0 Å². The second kappa shape index (κ2) is 6.37. The van der Waals surface area contributed by atoms with Crippen molar-refractivity contribution in [3.8, 4) is 0 Å². The van der Waals surface area contributed by atoms with E-state index in [1.807, 2.05) is 0 Å². The van der Waals surface area contributed by atoms with Crippen LogP contribution in [0.4, 0.5) is 0 Å². The fourth-order valence-corrected chi connectivity index (χ4v) is 7.10. The third-order valence-corrected chi connectivity index (χ3v) is 8.61. The van der Waals surface area contributed by atoms with E-state index in [0.29, 0.717) is 30.3 Å². The van der Waals surface area contributed by atoms with Gasteiger partial charge in [0.1, 0.15) is 12.4 Å². The molecule has 0 saturated heterocycles. The Morgan fingerprint density at radius 2 is 1.96 bits per heavy atom.